The van der Waals surface area contributed by atoms with Gasteiger partial charge < -0.3 is 9.30 Å². The van der Waals surface area contributed by atoms with E-state index < -0.39 is 0 Å². The molecule has 11 rings (SSSR count). The van der Waals surface area contributed by atoms with Gasteiger partial charge in [0.05, 0.1) is 16.7 Å². The summed E-state index contributed by atoms with van der Waals surface area (Å²) >= 11 is 0. The second-order valence-corrected chi connectivity index (χ2v) is 13.2. The second-order valence-electron chi connectivity index (χ2n) is 13.2. The fourth-order valence-corrected chi connectivity index (χ4v) is 8.56. The molecule has 1 aromatic heterocycles. The lowest BCUT2D eigenvalue weighted by atomic mass is 9.89. The molecule has 1 aliphatic carbocycles. The van der Waals surface area contributed by atoms with E-state index in [1.807, 2.05) is 0 Å². The molecule has 0 bridgehead atoms. The van der Waals surface area contributed by atoms with Gasteiger partial charge in [-0.15, -0.1) is 0 Å². The third-order valence-corrected chi connectivity index (χ3v) is 10.7. The summed E-state index contributed by atoms with van der Waals surface area (Å²) in [7, 11) is 0. The molecule has 0 radical (unpaired) electrons. The summed E-state index contributed by atoms with van der Waals surface area (Å²) in [5.41, 5.74) is 9.63. The lowest BCUT2D eigenvalue weighted by Crippen LogP contribution is -2.15. The molecule has 1 aliphatic heterocycles. The molecular formula is C46H29NO. The number of hydrogen-bond donors (Lipinski definition) is 0. The van der Waals surface area contributed by atoms with Crippen molar-refractivity contribution in [3.8, 4) is 33.7 Å². The van der Waals surface area contributed by atoms with E-state index in [1.165, 1.54) is 82.1 Å². The van der Waals surface area contributed by atoms with Crippen LogP contribution >= 0.6 is 0 Å². The molecule has 224 valence electrons. The van der Waals surface area contributed by atoms with E-state index in [9.17, 15) is 0 Å². The fourth-order valence-electron chi connectivity index (χ4n) is 8.56. The van der Waals surface area contributed by atoms with Crippen LogP contribution in [-0.2, 0) is 0 Å². The van der Waals surface area contributed by atoms with Gasteiger partial charge in [0.1, 0.15) is 11.9 Å². The number of benzene rings is 8. The first kappa shape index (κ1) is 26.0. The Kier molecular flexibility index (Phi) is 5.25. The average Bonchev–Trinajstić information content (AvgIpc) is 3.69. The van der Waals surface area contributed by atoms with Crippen molar-refractivity contribution in [3.05, 3.63) is 169 Å². The Morgan fingerprint density at radius 2 is 1.21 bits per heavy atom. The van der Waals surface area contributed by atoms with Crippen LogP contribution in [-0.4, -0.2) is 10.7 Å². The minimum atomic E-state index is 0.0630. The van der Waals surface area contributed by atoms with Crippen LogP contribution in [0.1, 0.15) is 11.5 Å². The van der Waals surface area contributed by atoms with Gasteiger partial charge >= 0.3 is 0 Å². The predicted molar refractivity (Wildman–Crippen MR) is 201 cm³/mol. The average molecular weight is 612 g/mol. The van der Waals surface area contributed by atoms with Gasteiger partial charge in [0.2, 0.25) is 0 Å². The summed E-state index contributed by atoms with van der Waals surface area (Å²) in [6.45, 7) is 0. The maximum Gasteiger partial charge on any atom is 0.132 e. The fraction of sp³-hybridized carbons (Fsp3) is 0.0435. The molecule has 0 N–H and O–H groups in total. The summed E-state index contributed by atoms with van der Waals surface area (Å²) in [6, 6.07) is 51.5. The van der Waals surface area contributed by atoms with Crippen molar-refractivity contribution >= 4 is 54.1 Å². The van der Waals surface area contributed by atoms with Crippen LogP contribution in [0.25, 0.3) is 82.1 Å². The maximum absolute atomic E-state index is 6.57. The highest BCUT2D eigenvalue weighted by Crippen LogP contribution is 2.48. The van der Waals surface area contributed by atoms with Crippen LogP contribution in [0.5, 0.6) is 5.75 Å². The van der Waals surface area contributed by atoms with Gasteiger partial charge in [-0.2, -0.15) is 0 Å². The van der Waals surface area contributed by atoms with Crippen molar-refractivity contribution in [1.82, 2.24) is 4.57 Å². The number of rotatable bonds is 3. The molecule has 0 saturated heterocycles. The van der Waals surface area contributed by atoms with Crippen LogP contribution in [0, 0.1) is 0 Å². The quantitative estimate of drug-likeness (QED) is 0.181. The number of hydrogen-bond acceptors (Lipinski definition) is 1. The topological polar surface area (TPSA) is 14.2 Å². The van der Waals surface area contributed by atoms with Gasteiger partial charge in [0, 0.05) is 33.4 Å². The van der Waals surface area contributed by atoms with Gasteiger partial charge in [-0.3, -0.25) is 0 Å². The highest BCUT2D eigenvalue weighted by atomic mass is 16.5. The van der Waals surface area contributed by atoms with Crippen LogP contribution in [0.2, 0.25) is 0 Å². The molecule has 2 unspecified atom stereocenters. The first-order valence-electron chi connectivity index (χ1n) is 16.8. The Bertz CT molecular complexity index is 2820. The zero-order valence-corrected chi connectivity index (χ0v) is 26.1. The van der Waals surface area contributed by atoms with Crippen LogP contribution in [0.15, 0.2) is 164 Å². The molecule has 0 fully saturated rings. The monoisotopic (exact) mass is 611 g/mol. The highest BCUT2D eigenvalue weighted by molar-refractivity contribution is 6.25. The zero-order valence-electron chi connectivity index (χ0n) is 26.1. The Balaban J connectivity index is 1.14. The zero-order chi connectivity index (χ0) is 31.3. The van der Waals surface area contributed by atoms with Gasteiger partial charge in [0.15, 0.2) is 0 Å². The van der Waals surface area contributed by atoms with Crippen molar-refractivity contribution in [2.45, 2.75) is 12.0 Å². The molecule has 8 aromatic carbocycles. The Hall–Kier alpha value is -6.12. The normalized spacial score (nSPS) is 16.8. The Morgan fingerprint density at radius 3 is 2.15 bits per heavy atom. The minimum Gasteiger partial charge on any atom is -0.484 e. The van der Waals surface area contributed by atoms with E-state index >= 15 is 0 Å². The SMILES string of the molecule is C1=CC2Oc3c(-c4ccc5c(c4)c4ccccc4n5-c4ccccc4-c4ccc5ccc6cccc7ccc4c5c67)cccc3C2C=C1. The standard InChI is InChI=1S/C46H29NO/c1-4-16-40(34(11-1)33-24-21-30-20-19-28-9-7-10-29-22-25-37(33)45(30)44(28)29)47-41-17-5-2-12-35(41)39-27-31(23-26-42(39)47)32-14-8-15-38-36-13-3-6-18-43(36)48-46(32)38/h1-27,36,43H. The molecular weight excluding hydrogens is 583 g/mol. The van der Waals surface area contributed by atoms with Crippen molar-refractivity contribution in [2.75, 3.05) is 0 Å². The van der Waals surface area contributed by atoms with Gasteiger partial charge in [0.25, 0.3) is 0 Å². The second kappa shape index (κ2) is 9.70. The summed E-state index contributed by atoms with van der Waals surface area (Å²) < 4.78 is 9.03. The first-order valence-corrected chi connectivity index (χ1v) is 16.8. The van der Waals surface area contributed by atoms with Gasteiger partial charge in [-0.25, -0.2) is 0 Å². The molecule has 2 aliphatic rings. The summed E-state index contributed by atoms with van der Waals surface area (Å²) in [6.07, 6.45) is 8.72. The van der Waals surface area contributed by atoms with Gasteiger partial charge in [-0.1, -0.05) is 133 Å². The van der Waals surface area contributed by atoms with Crippen molar-refractivity contribution < 1.29 is 4.74 Å². The molecule has 2 heterocycles. The molecule has 2 nitrogen and oxygen atoms in total. The lowest BCUT2D eigenvalue weighted by Gasteiger charge is -2.18. The van der Waals surface area contributed by atoms with E-state index in [2.05, 4.69) is 168 Å². The van der Waals surface area contributed by atoms with E-state index in [1.54, 1.807) is 0 Å². The van der Waals surface area contributed by atoms with Crippen molar-refractivity contribution in [1.29, 1.82) is 0 Å². The molecule has 9 aromatic rings. The molecule has 0 amide bonds. The number of allylic oxidation sites excluding steroid dienone is 2. The van der Waals surface area contributed by atoms with E-state index in [-0.39, 0.29) is 12.0 Å². The summed E-state index contributed by atoms with van der Waals surface area (Å²) in [4.78, 5) is 0. The van der Waals surface area contributed by atoms with E-state index in [0.717, 1.165) is 11.3 Å². The number of fused-ring (bicyclic) bond motifs is 6. The number of aromatic nitrogens is 1. The molecule has 0 saturated carbocycles. The highest BCUT2D eigenvalue weighted by Gasteiger charge is 2.33. The molecule has 2 atom stereocenters. The minimum absolute atomic E-state index is 0.0630. The summed E-state index contributed by atoms with van der Waals surface area (Å²) in [5.74, 6) is 1.28. The van der Waals surface area contributed by atoms with Crippen LogP contribution in [0.3, 0.4) is 0 Å². The third-order valence-electron chi connectivity index (χ3n) is 10.7. The molecule has 2 heteroatoms. The van der Waals surface area contributed by atoms with E-state index in [4.69, 9.17) is 4.74 Å². The lowest BCUT2D eigenvalue weighted by molar-refractivity contribution is 0.270. The van der Waals surface area contributed by atoms with Gasteiger partial charge in [-0.05, 0) is 73.8 Å². The third kappa shape index (κ3) is 3.52. The van der Waals surface area contributed by atoms with Crippen molar-refractivity contribution in [3.63, 3.8) is 0 Å². The Labute approximate surface area is 277 Å². The smallest absolute Gasteiger partial charge is 0.132 e. The molecule has 48 heavy (non-hydrogen) atoms. The van der Waals surface area contributed by atoms with Crippen molar-refractivity contribution in [2.24, 2.45) is 0 Å². The number of ether oxygens (including phenoxy) is 1. The number of para-hydroxylation sites is 3. The van der Waals surface area contributed by atoms with Crippen LogP contribution in [0.4, 0.5) is 0 Å². The molecule has 0 spiro atoms. The summed E-state index contributed by atoms with van der Waals surface area (Å²) in [5, 5.41) is 10.3. The largest absolute Gasteiger partial charge is 0.484 e. The first-order chi connectivity index (χ1) is 23.8. The van der Waals surface area contributed by atoms with E-state index in [0.29, 0.717) is 0 Å². The maximum atomic E-state index is 6.57. The number of nitrogens with zero attached hydrogens (tertiary/aromatic N) is 1. The predicted octanol–water partition coefficient (Wildman–Crippen LogP) is 12.0. The van der Waals surface area contributed by atoms with Crippen LogP contribution < -0.4 is 4.74 Å². The Morgan fingerprint density at radius 1 is 0.479 bits per heavy atom.